The lowest BCUT2D eigenvalue weighted by molar-refractivity contribution is -0.0168. The molecule has 0 spiro atoms. The van der Waals surface area contributed by atoms with Crippen LogP contribution in [0, 0.1) is 6.92 Å². The number of aromatic nitrogens is 1. The van der Waals surface area contributed by atoms with Crippen LogP contribution in [0.2, 0.25) is 0 Å². The maximum atomic E-state index is 5.60. The zero-order valence-electron chi connectivity index (χ0n) is 10.4. The maximum Gasteiger partial charge on any atom is 0.216 e. The number of nitrogens with two attached hydrogens (primary N) is 1. The van der Waals surface area contributed by atoms with E-state index in [-0.39, 0.29) is 5.60 Å². The van der Waals surface area contributed by atoms with Crippen molar-refractivity contribution in [2.24, 2.45) is 0 Å². The molecule has 1 heterocycles. The summed E-state index contributed by atoms with van der Waals surface area (Å²) in [5.41, 5.74) is 7.05. The highest BCUT2D eigenvalue weighted by atomic mass is 16.5. The fourth-order valence-electron chi connectivity index (χ4n) is 1.22. The molecule has 0 amide bonds. The van der Waals surface area contributed by atoms with Gasteiger partial charge in [0.25, 0.3) is 0 Å². The first-order valence-corrected chi connectivity index (χ1v) is 5.37. The Morgan fingerprint density at radius 3 is 2.56 bits per heavy atom. The Hall–Kier alpha value is -1.29. The van der Waals surface area contributed by atoms with Crippen molar-refractivity contribution in [3.05, 3.63) is 17.8 Å². The number of ether oxygens (including phenoxy) is 2. The van der Waals surface area contributed by atoms with Gasteiger partial charge in [-0.05, 0) is 33.8 Å². The molecule has 1 aromatic rings. The maximum absolute atomic E-state index is 5.60. The number of aryl methyl sites for hydroxylation is 1. The predicted molar refractivity (Wildman–Crippen MR) is 64.6 cm³/mol. The van der Waals surface area contributed by atoms with Gasteiger partial charge in [-0.15, -0.1) is 0 Å². The Bertz CT molecular complexity index is 345. The van der Waals surface area contributed by atoms with E-state index in [0.717, 1.165) is 5.56 Å². The largest absolute Gasteiger partial charge is 0.475 e. The standard InChI is InChI=1S/C12H20N2O2/c1-9-7-10(13)8-14-11(9)15-5-6-16-12(2,3)4/h7-8H,5-6,13H2,1-4H3. The molecule has 0 aliphatic heterocycles. The first-order chi connectivity index (χ1) is 7.38. The van der Waals surface area contributed by atoms with Crippen molar-refractivity contribution >= 4 is 5.69 Å². The number of hydrogen-bond donors (Lipinski definition) is 1. The minimum atomic E-state index is -0.132. The van der Waals surface area contributed by atoms with E-state index in [0.29, 0.717) is 24.8 Å². The van der Waals surface area contributed by atoms with Crippen LogP contribution in [-0.2, 0) is 4.74 Å². The summed E-state index contributed by atoms with van der Waals surface area (Å²) in [5.74, 6) is 0.617. The molecule has 0 aliphatic rings. The second-order valence-corrected chi connectivity index (χ2v) is 4.70. The van der Waals surface area contributed by atoms with Crippen molar-refractivity contribution in [3.8, 4) is 5.88 Å². The van der Waals surface area contributed by atoms with Crippen LogP contribution >= 0.6 is 0 Å². The van der Waals surface area contributed by atoms with Gasteiger partial charge in [0.1, 0.15) is 6.61 Å². The van der Waals surface area contributed by atoms with E-state index in [4.69, 9.17) is 15.2 Å². The molecular weight excluding hydrogens is 204 g/mol. The molecular formula is C12H20N2O2. The first-order valence-electron chi connectivity index (χ1n) is 5.37. The van der Waals surface area contributed by atoms with Gasteiger partial charge in [0, 0.05) is 5.56 Å². The lowest BCUT2D eigenvalue weighted by Crippen LogP contribution is -2.22. The molecule has 2 N–H and O–H groups in total. The summed E-state index contributed by atoms with van der Waals surface area (Å²) in [6.45, 7) is 9.01. The SMILES string of the molecule is Cc1cc(N)cnc1OCCOC(C)(C)C. The molecule has 0 saturated heterocycles. The van der Waals surface area contributed by atoms with E-state index >= 15 is 0 Å². The molecule has 1 aromatic heterocycles. The number of hydrogen-bond acceptors (Lipinski definition) is 4. The van der Waals surface area contributed by atoms with Gasteiger partial charge in [-0.1, -0.05) is 0 Å². The zero-order valence-corrected chi connectivity index (χ0v) is 10.4. The quantitative estimate of drug-likeness (QED) is 0.796. The van der Waals surface area contributed by atoms with Crippen LogP contribution in [0.4, 0.5) is 5.69 Å². The van der Waals surface area contributed by atoms with E-state index in [1.807, 2.05) is 33.8 Å². The number of rotatable bonds is 4. The third-order valence-electron chi connectivity index (χ3n) is 1.91. The summed E-state index contributed by atoms with van der Waals surface area (Å²) < 4.78 is 11.0. The molecule has 0 aromatic carbocycles. The zero-order chi connectivity index (χ0) is 12.2. The molecule has 0 aliphatic carbocycles. The molecule has 0 fully saturated rings. The third-order valence-corrected chi connectivity index (χ3v) is 1.91. The van der Waals surface area contributed by atoms with E-state index in [2.05, 4.69) is 4.98 Å². The Kier molecular flexibility index (Phi) is 4.12. The number of nitrogen functional groups attached to an aromatic ring is 1. The molecule has 90 valence electrons. The highest BCUT2D eigenvalue weighted by Crippen LogP contribution is 2.16. The Balaban J connectivity index is 2.38. The van der Waals surface area contributed by atoms with Crippen LogP contribution in [0.5, 0.6) is 5.88 Å². The number of anilines is 1. The second kappa shape index (κ2) is 5.16. The summed E-state index contributed by atoms with van der Waals surface area (Å²) in [4.78, 5) is 4.11. The van der Waals surface area contributed by atoms with Crippen molar-refractivity contribution in [1.82, 2.24) is 4.98 Å². The summed E-state index contributed by atoms with van der Waals surface area (Å²) in [6, 6.07) is 1.84. The van der Waals surface area contributed by atoms with E-state index in [1.54, 1.807) is 6.20 Å². The van der Waals surface area contributed by atoms with Crippen molar-refractivity contribution in [3.63, 3.8) is 0 Å². The monoisotopic (exact) mass is 224 g/mol. The normalized spacial score (nSPS) is 11.5. The van der Waals surface area contributed by atoms with E-state index in [1.165, 1.54) is 0 Å². The van der Waals surface area contributed by atoms with Gasteiger partial charge in [0.15, 0.2) is 0 Å². The molecule has 0 radical (unpaired) electrons. The molecule has 0 atom stereocenters. The minimum Gasteiger partial charge on any atom is -0.475 e. The average molecular weight is 224 g/mol. The van der Waals surface area contributed by atoms with Crippen LogP contribution < -0.4 is 10.5 Å². The van der Waals surface area contributed by atoms with Crippen LogP contribution in [0.1, 0.15) is 26.3 Å². The number of pyridine rings is 1. The van der Waals surface area contributed by atoms with Gasteiger partial charge < -0.3 is 15.2 Å². The third kappa shape index (κ3) is 4.49. The van der Waals surface area contributed by atoms with Crippen LogP contribution in [0.3, 0.4) is 0 Å². The molecule has 0 saturated carbocycles. The van der Waals surface area contributed by atoms with Crippen molar-refractivity contribution in [2.75, 3.05) is 18.9 Å². The molecule has 0 unspecified atom stereocenters. The smallest absolute Gasteiger partial charge is 0.216 e. The summed E-state index contributed by atoms with van der Waals surface area (Å²) in [7, 11) is 0. The van der Waals surface area contributed by atoms with Gasteiger partial charge >= 0.3 is 0 Å². The van der Waals surface area contributed by atoms with Crippen LogP contribution in [-0.4, -0.2) is 23.8 Å². The molecule has 16 heavy (non-hydrogen) atoms. The lowest BCUT2D eigenvalue weighted by Gasteiger charge is -2.19. The van der Waals surface area contributed by atoms with Gasteiger partial charge in [-0.25, -0.2) is 4.98 Å². The Labute approximate surface area is 96.8 Å². The molecule has 0 bridgehead atoms. The Morgan fingerprint density at radius 1 is 1.31 bits per heavy atom. The van der Waals surface area contributed by atoms with Crippen LogP contribution in [0.15, 0.2) is 12.3 Å². The van der Waals surface area contributed by atoms with Gasteiger partial charge in [0.05, 0.1) is 24.1 Å². The molecule has 4 nitrogen and oxygen atoms in total. The predicted octanol–water partition coefficient (Wildman–Crippen LogP) is 2.17. The summed E-state index contributed by atoms with van der Waals surface area (Å²) in [5, 5.41) is 0. The minimum absolute atomic E-state index is 0.132. The van der Waals surface area contributed by atoms with Crippen molar-refractivity contribution in [2.45, 2.75) is 33.3 Å². The summed E-state index contributed by atoms with van der Waals surface area (Å²) in [6.07, 6.45) is 1.59. The fraction of sp³-hybridized carbons (Fsp3) is 0.583. The Morgan fingerprint density at radius 2 is 2.00 bits per heavy atom. The fourth-order valence-corrected chi connectivity index (χ4v) is 1.22. The van der Waals surface area contributed by atoms with E-state index < -0.39 is 0 Å². The number of nitrogens with zero attached hydrogens (tertiary/aromatic N) is 1. The topological polar surface area (TPSA) is 57.4 Å². The van der Waals surface area contributed by atoms with E-state index in [9.17, 15) is 0 Å². The molecule has 4 heteroatoms. The van der Waals surface area contributed by atoms with Crippen LogP contribution in [0.25, 0.3) is 0 Å². The highest BCUT2D eigenvalue weighted by Gasteiger charge is 2.09. The first kappa shape index (κ1) is 12.8. The van der Waals surface area contributed by atoms with Gasteiger partial charge in [-0.2, -0.15) is 0 Å². The molecule has 1 rings (SSSR count). The second-order valence-electron chi connectivity index (χ2n) is 4.70. The van der Waals surface area contributed by atoms with Gasteiger partial charge in [0.2, 0.25) is 5.88 Å². The summed E-state index contributed by atoms with van der Waals surface area (Å²) >= 11 is 0. The van der Waals surface area contributed by atoms with Crippen molar-refractivity contribution < 1.29 is 9.47 Å². The lowest BCUT2D eigenvalue weighted by atomic mass is 10.2. The average Bonchev–Trinajstić information content (AvgIpc) is 2.13. The van der Waals surface area contributed by atoms with Crippen molar-refractivity contribution in [1.29, 1.82) is 0 Å². The van der Waals surface area contributed by atoms with Gasteiger partial charge in [-0.3, -0.25) is 0 Å². The highest BCUT2D eigenvalue weighted by molar-refractivity contribution is 5.41.